The number of furan rings is 1. The first-order chi connectivity index (χ1) is 21.6. The number of nitriles is 1. The molecule has 46 heavy (non-hydrogen) atoms. The summed E-state index contributed by atoms with van der Waals surface area (Å²) in [6, 6.07) is 27.9. The normalized spacial score (nSPS) is 13.0. The molecule has 236 valence electrons. The Morgan fingerprint density at radius 2 is 1.41 bits per heavy atom. The number of benzene rings is 4. The molecular weight excluding hydrogens is 623 g/mol. The van der Waals surface area contributed by atoms with E-state index in [-0.39, 0.29) is 8.49 Å². The first-order valence-corrected chi connectivity index (χ1v) is 21.8. The number of para-hydroxylation sites is 3. The van der Waals surface area contributed by atoms with Crippen molar-refractivity contribution in [1.29, 1.82) is 5.26 Å². The standard InChI is InChI=1S/C41H47GeN3O/c1-25(2)32-22-28(42(11,40(5,6)7)41(8,9)10)23-33(26(3)4)37(32)45-35-18-13-12-17-34(35)44-39(45)31-16-14-15-30-29-20-19-27(24-43)21-36(29)46-38(30)31/h12-23,25-26H,1-11H3. The van der Waals surface area contributed by atoms with E-state index in [2.05, 4.69) is 140 Å². The average molecular weight is 670 g/mol. The van der Waals surface area contributed by atoms with Gasteiger partial charge in [-0.3, -0.25) is 0 Å². The first-order valence-electron chi connectivity index (χ1n) is 16.6. The molecule has 0 aliphatic rings. The summed E-state index contributed by atoms with van der Waals surface area (Å²) in [6.45, 7) is 24.1. The Hall–Kier alpha value is -3.82. The van der Waals surface area contributed by atoms with E-state index in [9.17, 15) is 5.26 Å². The molecule has 0 atom stereocenters. The van der Waals surface area contributed by atoms with Gasteiger partial charge in [-0.05, 0) is 0 Å². The van der Waals surface area contributed by atoms with Gasteiger partial charge in [0.15, 0.2) is 0 Å². The van der Waals surface area contributed by atoms with Crippen LogP contribution in [-0.2, 0) is 0 Å². The van der Waals surface area contributed by atoms with Crippen molar-refractivity contribution in [2.75, 3.05) is 0 Å². The van der Waals surface area contributed by atoms with Crippen molar-refractivity contribution in [3.63, 3.8) is 0 Å². The van der Waals surface area contributed by atoms with E-state index in [1.165, 1.54) is 16.8 Å². The predicted octanol–water partition coefficient (Wildman–Crippen LogP) is 11.6. The zero-order valence-electron chi connectivity index (χ0n) is 29.3. The van der Waals surface area contributed by atoms with Crippen molar-refractivity contribution < 1.29 is 4.42 Å². The molecule has 5 heteroatoms. The van der Waals surface area contributed by atoms with Crippen molar-refractivity contribution in [3.05, 3.63) is 89.5 Å². The number of nitrogens with zero attached hydrogens (tertiary/aromatic N) is 3. The average Bonchev–Trinajstić information content (AvgIpc) is 3.56. The van der Waals surface area contributed by atoms with Crippen LogP contribution in [0.25, 0.3) is 50.0 Å². The van der Waals surface area contributed by atoms with Crippen LogP contribution in [0.3, 0.4) is 0 Å². The van der Waals surface area contributed by atoms with Gasteiger partial charge in [0.1, 0.15) is 0 Å². The van der Waals surface area contributed by atoms with Gasteiger partial charge in [0.25, 0.3) is 0 Å². The van der Waals surface area contributed by atoms with E-state index in [4.69, 9.17) is 9.40 Å². The number of fused-ring (bicyclic) bond motifs is 4. The molecule has 0 saturated heterocycles. The molecule has 0 unspecified atom stereocenters. The Morgan fingerprint density at radius 1 is 0.783 bits per heavy atom. The Bertz CT molecular complexity index is 2120. The van der Waals surface area contributed by atoms with Gasteiger partial charge in [-0.2, -0.15) is 5.26 Å². The summed E-state index contributed by atoms with van der Waals surface area (Å²) in [4.78, 5) is 5.33. The molecule has 0 aliphatic carbocycles. The topological polar surface area (TPSA) is 54.8 Å². The Labute approximate surface area is 276 Å². The fraction of sp³-hybridized carbons (Fsp3) is 0.366. The second kappa shape index (κ2) is 11.2. The zero-order valence-corrected chi connectivity index (χ0v) is 31.4. The maximum absolute atomic E-state index is 9.55. The summed E-state index contributed by atoms with van der Waals surface area (Å²) >= 11 is -2.73. The molecule has 2 aromatic heterocycles. The second-order valence-electron chi connectivity index (χ2n) is 15.8. The van der Waals surface area contributed by atoms with E-state index < -0.39 is 13.3 Å². The van der Waals surface area contributed by atoms with Crippen LogP contribution >= 0.6 is 0 Å². The summed E-state index contributed by atoms with van der Waals surface area (Å²) in [5.74, 6) is 4.12. The Morgan fingerprint density at radius 3 is 2.00 bits per heavy atom. The maximum atomic E-state index is 9.55. The van der Waals surface area contributed by atoms with E-state index in [1.807, 2.05) is 18.2 Å². The Balaban J connectivity index is 1.74. The summed E-state index contributed by atoms with van der Waals surface area (Å²) in [5, 5.41) is 11.6. The van der Waals surface area contributed by atoms with Crippen molar-refractivity contribution in [3.8, 4) is 23.1 Å². The molecule has 6 aromatic rings. The van der Waals surface area contributed by atoms with E-state index in [1.54, 1.807) is 4.40 Å². The van der Waals surface area contributed by atoms with Crippen LogP contribution in [0.15, 0.2) is 77.2 Å². The van der Waals surface area contributed by atoms with Gasteiger partial charge in [0.05, 0.1) is 6.07 Å². The van der Waals surface area contributed by atoms with Crippen molar-refractivity contribution in [2.45, 2.75) is 95.3 Å². The molecule has 4 aromatic carbocycles. The fourth-order valence-corrected chi connectivity index (χ4v) is 17.8. The molecule has 0 radical (unpaired) electrons. The molecule has 0 fully saturated rings. The first kappa shape index (κ1) is 32.1. The number of hydrogen-bond donors (Lipinski definition) is 0. The second-order valence-corrected chi connectivity index (χ2v) is 28.0. The van der Waals surface area contributed by atoms with Gasteiger partial charge >= 0.3 is 266 Å². The third-order valence-corrected chi connectivity index (χ3v) is 26.3. The van der Waals surface area contributed by atoms with Crippen molar-refractivity contribution in [2.24, 2.45) is 0 Å². The molecule has 0 amide bonds. The van der Waals surface area contributed by atoms with E-state index >= 15 is 0 Å². The van der Waals surface area contributed by atoms with Gasteiger partial charge in [0, 0.05) is 0 Å². The van der Waals surface area contributed by atoms with Crippen LogP contribution in [0.2, 0.25) is 14.3 Å². The quantitative estimate of drug-likeness (QED) is 0.172. The third-order valence-electron chi connectivity index (χ3n) is 10.6. The van der Waals surface area contributed by atoms with Gasteiger partial charge in [0.2, 0.25) is 0 Å². The summed E-state index contributed by atoms with van der Waals surface area (Å²) in [7, 11) is 0. The summed E-state index contributed by atoms with van der Waals surface area (Å²) in [5.41, 5.74) is 9.07. The van der Waals surface area contributed by atoms with Crippen LogP contribution in [-0.4, -0.2) is 22.8 Å². The van der Waals surface area contributed by atoms with Crippen LogP contribution in [0.5, 0.6) is 0 Å². The van der Waals surface area contributed by atoms with Gasteiger partial charge in [-0.1, -0.05) is 0 Å². The third kappa shape index (κ3) is 4.90. The molecule has 4 nitrogen and oxygen atoms in total. The number of aromatic nitrogens is 2. The van der Waals surface area contributed by atoms with Crippen LogP contribution in [0, 0.1) is 11.3 Å². The molecular formula is C41H47GeN3O. The number of hydrogen-bond acceptors (Lipinski definition) is 3. The minimum absolute atomic E-state index is 0.220. The molecule has 6 rings (SSSR count). The fourth-order valence-electron chi connectivity index (χ4n) is 7.58. The van der Waals surface area contributed by atoms with Gasteiger partial charge in [-0.15, -0.1) is 0 Å². The zero-order chi connectivity index (χ0) is 33.3. The van der Waals surface area contributed by atoms with Crippen LogP contribution < -0.4 is 4.40 Å². The SMILES string of the molecule is CC(C)c1c[c]([Ge]([CH3])([C](C)(C)C)[C](C)(C)C)cc(C(C)C)c1-n1c(-c2cccc3c2oc2cc(C#N)ccc23)nc2ccccc21. The van der Waals surface area contributed by atoms with E-state index in [0.717, 1.165) is 44.4 Å². The monoisotopic (exact) mass is 671 g/mol. The number of rotatable bonds is 5. The molecule has 2 heterocycles. The van der Waals surface area contributed by atoms with Crippen molar-refractivity contribution in [1.82, 2.24) is 9.55 Å². The van der Waals surface area contributed by atoms with Crippen LogP contribution in [0.1, 0.15) is 97.8 Å². The molecule has 0 N–H and O–H groups in total. The van der Waals surface area contributed by atoms with Gasteiger partial charge in [-0.25, -0.2) is 0 Å². The summed E-state index contributed by atoms with van der Waals surface area (Å²) < 4.78 is 11.0. The molecule has 0 spiro atoms. The van der Waals surface area contributed by atoms with Crippen molar-refractivity contribution >= 4 is 50.6 Å². The van der Waals surface area contributed by atoms with E-state index in [0.29, 0.717) is 17.4 Å². The molecule has 0 aliphatic heterocycles. The number of imidazole rings is 1. The van der Waals surface area contributed by atoms with Gasteiger partial charge < -0.3 is 0 Å². The minimum atomic E-state index is -2.73. The summed E-state index contributed by atoms with van der Waals surface area (Å²) in [6.07, 6.45) is 0. The van der Waals surface area contributed by atoms with Crippen LogP contribution in [0.4, 0.5) is 0 Å². The Kier molecular flexibility index (Phi) is 7.80. The molecule has 0 saturated carbocycles. The predicted molar refractivity (Wildman–Crippen MR) is 197 cm³/mol. The molecule has 0 bridgehead atoms.